The Bertz CT molecular complexity index is 926. The largest absolute Gasteiger partial charge is 0.369 e. The Hall–Kier alpha value is -1.45. The van der Waals surface area contributed by atoms with Crippen LogP contribution in [0.15, 0.2) is 46.6 Å². The fourth-order valence-electron chi connectivity index (χ4n) is 8.50. The molecule has 4 heterocycles. The lowest BCUT2D eigenvalue weighted by molar-refractivity contribution is -0.195. The third-order valence-corrected chi connectivity index (χ3v) is 9.67. The highest BCUT2D eigenvalue weighted by atomic mass is 16.5. The average Bonchev–Trinajstić information content (AvgIpc) is 3.40. The quantitative estimate of drug-likeness (QED) is 0.499. The van der Waals surface area contributed by atoms with Crippen LogP contribution in [0.2, 0.25) is 0 Å². The predicted molar refractivity (Wildman–Crippen MR) is 115 cm³/mol. The number of fused-ring (bicyclic) bond motifs is 11. The van der Waals surface area contributed by atoms with Gasteiger partial charge in [-0.05, 0) is 74.2 Å². The highest BCUT2D eigenvalue weighted by molar-refractivity contribution is 5.98. The molecule has 2 fully saturated rings. The van der Waals surface area contributed by atoms with E-state index < -0.39 is 0 Å². The molecule has 3 nitrogen and oxygen atoms in total. The summed E-state index contributed by atoms with van der Waals surface area (Å²) in [6.45, 7) is 0. The number of allylic oxidation sites excluding steroid dienone is 1. The molecule has 4 bridgehead atoms. The molecule has 1 saturated heterocycles. The molecule has 0 aromatic heterocycles. The molecule has 0 N–H and O–H groups in total. The van der Waals surface area contributed by atoms with Gasteiger partial charge in [0.15, 0.2) is 5.78 Å². The second-order valence-electron chi connectivity index (χ2n) is 10.8. The van der Waals surface area contributed by atoms with Crippen LogP contribution in [0.4, 0.5) is 0 Å². The van der Waals surface area contributed by atoms with E-state index in [-0.39, 0.29) is 29.5 Å². The van der Waals surface area contributed by atoms with Gasteiger partial charge in [-0.25, -0.2) is 0 Å². The van der Waals surface area contributed by atoms with Gasteiger partial charge in [0.25, 0.3) is 0 Å². The minimum absolute atomic E-state index is 0.0256. The van der Waals surface area contributed by atoms with Crippen LogP contribution in [-0.2, 0) is 14.3 Å². The number of rotatable bonds is 0. The van der Waals surface area contributed by atoms with Gasteiger partial charge in [-0.2, -0.15) is 0 Å². The van der Waals surface area contributed by atoms with Crippen molar-refractivity contribution in [2.24, 2.45) is 10.8 Å². The lowest BCUT2D eigenvalue weighted by atomic mass is 9.54. The Morgan fingerprint density at radius 3 is 2.63 bits per heavy atom. The molecule has 0 aromatic carbocycles. The Kier molecular flexibility index (Phi) is 3.81. The summed E-state index contributed by atoms with van der Waals surface area (Å²) in [4.78, 5) is 12.5. The van der Waals surface area contributed by atoms with Gasteiger partial charge in [-0.1, -0.05) is 49.5 Å². The first kappa shape index (κ1) is 18.2. The molecule has 1 saturated carbocycles. The molecule has 3 heteroatoms. The van der Waals surface area contributed by atoms with Gasteiger partial charge in [0.05, 0.1) is 23.7 Å². The third kappa shape index (κ3) is 2.11. The molecule has 30 heavy (non-hydrogen) atoms. The van der Waals surface area contributed by atoms with E-state index in [1.165, 1.54) is 63.4 Å². The molecule has 158 valence electrons. The summed E-state index contributed by atoms with van der Waals surface area (Å²) >= 11 is 0. The average molecular weight is 405 g/mol. The topological polar surface area (TPSA) is 35.5 Å². The SMILES string of the molecule is O=C1C=C[C@H]2O[C@@H]1C1=C(CC=C1)[C@@]21CC[C@H]2O[C@@H]1C1=C(CCC1)C21CCCCCC1. The van der Waals surface area contributed by atoms with Crippen molar-refractivity contribution in [2.75, 3.05) is 0 Å². The van der Waals surface area contributed by atoms with E-state index >= 15 is 0 Å². The smallest absolute Gasteiger partial charge is 0.188 e. The molecule has 0 amide bonds. The second-order valence-corrected chi connectivity index (χ2v) is 10.8. The van der Waals surface area contributed by atoms with Crippen LogP contribution in [0.5, 0.6) is 0 Å². The van der Waals surface area contributed by atoms with E-state index in [1.807, 2.05) is 0 Å². The maximum absolute atomic E-state index is 12.5. The van der Waals surface area contributed by atoms with Crippen LogP contribution in [0.3, 0.4) is 0 Å². The van der Waals surface area contributed by atoms with Gasteiger partial charge in [-0.3, -0.25) is 4.79 Å². The molecule has 4 aliphatic heterocycles. The summed E-state index contributed by atoms with van der Waals surface area (Å²) in [6, 6.07) is 0. The van der Waals surface area contributed by atoms with Crippen molar-refractivity contribution in [1.29, 1.82) is 0 Å². The molecular weight excluding hydrogens is 372 g/mol. The minimum atomic E-state index is -0.383. The Morgan fingerprint density at radius 1 is 0.900 bits per heavy atom. The van der Waals surface area contributed by atoms with Crippen LogP contribution in [-0.4, -0.2) is 30.2 Å². The van der Waals surface area contributed by atoms with Crippen LogP contribution < -0.4 is 0 Å². The third-order valence-electron chi connectivity index (χ3n) is 9.67. The van der Waals surface area contributed by atoms with Crippen LogP contribution in [0.1, 0.15) is 77.0 Å². The fraction of sp³-hybridized carbons (Fsp3) is 0.667. The lowest BCUT2D eigenvalue weighted by Gasteiger charge is -2.60. The Labute approximate surface area is 179 Å². The monoisotopic (exact) mass is 404 g/mol. The first-order chi connectivity index (χ1) is 14.7. The summed E-state index contributed by atoms with van der Waals surface area (Å²) < 4.78 is 13.7. The van der Waals surface area contributed by atoms with Gasteiger partial charge in [-0.15, -0.1) is 0 Å². The molecule has 0 radical (unpaired) electrons. The molecule has 3 aliphatic carbocycles. The zero-order valence-corrected chi connectivity index (χ0v) is 17.8. The second kappa shape index (κ2) is 6.29. The normalized spacial score (nSPS) is 43.4. The maximum Gasteiger partial charge on any atom is 0.188 e. The molecular formula is C27H32O3. The number of ketones is 1. The Morgan fingerprint density at radius 2 is 1.77 bits per heavy atom. The standard InChI is InChI=1S/C27H32O3/c28-21-11-12-23-27(20-10-5-7-17(20)24(21)29-23)16-13-22-26(14-3-1-2-4-15-26)19-9-6-8-18(19)25(27)30-22/h5,7,11-12,22-25H,1-4,6,8-10,13-16H2/t22-,23-,24-,25-,27+/m1/s1. The molecule has 2 spiro atoms. The van der Waals surface area contributed by atoms with E-state index in [0.29, 0.717) is 11.5 Å². The lowest BCUT2D eigenvalue weighted by Crippen LogP contribution is -2.62. The summed E-state index contributed by atoms with van der Waals surface area (Å²) in [5.41, 5.74) is 6.26. The summed E-state index contributed by atoms with van der Waals surface area (Å²) in [5.74, 6) is 0.108. The van der Waals surface area contributed by atoms with E-state index in [2.05, 4.69) is 18.2 Å². The summed E-state index contributed by atoms with van der Waals surface area (Å²) in [6.07, 6.45) is 23.6. The molecule has 7 aliphatic rings. The number of carbonyl (C=O) groups excluding carboxylic acids is 1. The first-order valence-corrected chi connectivity index (χ1v) is 12.4. The first-order valence-electron chi connectivity index (χ1n) is 12.4. The van der Waals surface area contributed by atoms with E-state index in [9.17, 15) is 4.79 Å². The van der Waals surface area contributed by atoms with Crippen molar-refractivity contribution < 1.29 is 14.3 Å². The van der Waals surface area contributed by atoms with Crippen LogP contribution in [0, 0.1) is 10.8 Å². The van der Waals surface area contributed by atoms with E-state index in [1.54, 1.807) is 17.2 Å². The zero-order chi connectivity index (χ0) is 19.9. The van der Waals surface area contributed by atoms with Crippen molar-refractivity contribution in [3.8, 4) is 0 Å². The number of hydrogen-bond donors (Lipinski definition) is 0. The van der Waals surface area contributed by atoms with Gasteiger partial charge in [0.1, 0.15) is 6.10 Å². The van der Waals surface area contributed by atoms with Crippen molar-refractivity contribution in [2.45, 2.75) is 101 Å². The highest BCUT2D eigenvalue weighted by Crippen LogP contribution is 2.65. The molecule has 5 atom stereocenters. The molecule has 0 aromatic rings. The zero-order valence-electron chi connectivity index (χ0n) is 17.8. The highest BCUT2D eigenvalue weighted by Gasteiger charge is 2.63. The number of hydrogen-bond acceptors (Lipinski definition) is 3. The molecule has 7 rings (SSSR count). The van der Waals surface area contributed by atoms with Crippen molar-refractivity contribution in [3.63, 3.8) is 0 Å². The summed E-state index contributed by atoms with van der Waals surface area (Å²) in [7, 11) is 0. The van der Waals surface area contributed by atoms with E-state index in [4.69, 9.17) is 9.47 Å². The maximum atomic E-state index is 12.5. The fourth-order valence-corrected chi connectivity index (χ4v) is 8.50. The van der Waals surface area contributed by atoms with Crippen molar-refractivity contribution >= 4 is 5.78 Å². The van der Waals surface area contributed by atoms with Gasteiger partial charge >= 0.3 is 0 Å². The van der Waals surface area contributed by atoms with Gasteiger partial charge in [0.2, 0.25) is 0 Å². The minimum Gasteiger partial charge on any atom is -0.369 e. The van der Waals surface area contributed by atoms with Crippen LogP contribution >= 0.6 is 0 Å². The number of ether oxygens (including phenoxy) is 2. The van der Waals surface area contributed by atoms with Crippen LogP contribution in [0.25, 0.3) is 0 Å². The van der Waals surface area contributed by atoms with Gasteiger partial charge in [0, 0.05) is 5.41 Å². The molecule has 0 unspecified atom stereocenters. The van der Waals surface area contributed by atoms with Crippen molar-refractivity contribution in [1.82, 2.24) is 0 Å². The Balaban J connectivity index is 1.40. The number of carbonyl (C=O) groups is 1. The summed E-state index contributed by atoms with van der Waals surface area (Å²) in [5, 5.41) is 0. The van der Waals surface area contributed by atoms with Gasteiger partial charge < -0.3 is 9.47 Å². The van der Waals surface area contributed by atoms with Crippen molar-refractivity contribution in [3.05, 3.63) is 46.6 Å². The van der Waals surface area contributed by atoms with E-state index in [0.717, 1.165) is 24.8 Å². The predicted octanol–water partition coefficient (Wildman–Crippen LogP) is 5.52.